The summed E-state index contributed by atoms with van der Waals surface area (Å²) in [6, 6.07) is 6.65. The minimum atomic E-state index is -1.93. The van der Waals surface area contributed by atoms with Crippen LogP contribution in [0.3, 0.4) is 0 Å². The van der Waals surface area contributed by atoms with Crippen molar-refractivity contribution >= 4 is 31.2 Å². The molecule has 0 unspecified atom stereocenters. The minimum absolute atomic E-state index is 0.0172. The third kappa shape index (κ3) is 10.7. The van der Waals surface area contributed by atoms with E-state index in [2.05, 4.69) is 88.9 Å². The molecule has 6 atom stereocenters. The zero-order valence-electron chi connectivity index (χ0n) is 31.7. The molecule has 2 saturated heterocycles. The molecule has 0 saturated carbocycles. The summed E-state index contributed by atoms with van der Waals surface area (Å²) in [4.78, 5) is 11.7. The van der Waals surface area contributed by atoms with Gasteiger partial charge in [-0.05, 0) is 80.6 Å². The number of aldehydes is 1. The molecule has 0 aromatic heterocycles. The summed E-state index contributed by atoms with van der Waals surface area (Å²) in [7, 11) is -5.68. The van der Waals surface area contributed by atoms with Gasteiger partial charge < -0.3 is 27.5 Å². The van der Waals surface area contributed by atoms with Crippen LogP contribution in [0.15, 0.2) is 12.2 Å². The third-order valence-electron chi connectivity index (χ3n) is 11.9. The van der Waals surface area contributed by atoms with Crippen LogP contribution in [0.1, 0.15) is 115 Å². The van der Waals surface area contributed by atoms with E-state index < -0.39 is 30.7 Å². The second-order valence-corrected chi connectivity index (χ2v) is 30.4. The summed E-state index contributed by atoms with van der Waals surface area (Å²) in [6.45, 7) is 34.6. The predicted molar refractivity (Wildman–Crippen MR) is 196 cm³/mol. The van der Waals surface area contributed by atoms with E-state index in [0.29, 0.717) is 25.9 Å². The molecule has 6 nitrogen and oxygen atoms in total. The summed E-state index contributed by atoms with van der Waals surface area (Å²) in [5, 5.41) is 0.163. The molecule has 0 aromatic carbocycles. The van der Waals surface area contributed by atoms with E-state index in [1.54, 1.807) is 0 Å². The first kappa shape index (κ1) is 41.0. The average molecular weight is 685 g/mol. The quantitative estimate of drug-likeness (QED) is 0.0813. The van der Waals surface area contributed by atoms with E-state index >= 15 is 0 Å². The van der Waals surface area contributed by atoms with Crippen LogP contribution in [0.25, 0.3) is 0 Å². The maximum Gasteiger partial charge on any atom is 0.192 e. The van der Waals surface area contributed by atoms with Gasteiger partial charge in [0, 0.05) is 31.8 Å². The largest absolute Gasteiger partial charge is 0.417 e. The first-order chi connectivity index (χ1) is 20.8. The highest BCUT2D eigenvalue weighted by molar-refractivity contribution is 6.74. The van der Waals surface area contributed by atoms with E-state index in [9.17, 15) is 4.79 Å². The van der Waals surface area contributed by atoms with Crippen LogP contribution in [-0.2, 0) is 27.5 Å². The predicted octanol–water partition coefficient (Wildman–Crippen LogP) is 10.4. The van der Waals surface area contributed by atoms with Crippen molar-refractivity contribution in [2.45, 2.75) is 199 Å². The Labute approximate surface area is 281 Å². The lowest BCUT2D eigenvalue weighted by Gasteiger charge is -2.55. The van der Waals surface area contributed by atoms with Gasteiger partial charge in [-0.2, -0.15) is 0 Å². The van der Waals surface area contributed by atoms with Gasteiger partial charge in [0.05, 0.1) is 23.9 Å². The van der Waals surface area contributed by atoms with Gasteiger partial charge in [-0.1, -0.05) is 81.4 Å². The first-order valence-corrected chi connectivity index (χ1v) is 26.3. The van der Waals surface area contributed by atoms with Crippen molar-refractivity contribution in [2.24, 2.45) is 5.92 Å². The highest BCUT2D eigenvalue weighted by Crippen LogP contribution is 2.49. The fourth-order valence-electron chi connectivity index (χ4n) is 7.36. The topological polar surface area (TPSA) is 63.2 Å². The van der Waals surface area contributed by atoms with E-state index in [0.717, 1.165) is 67.4 Å². The fraction of sp³-hybridized carbons (Fsp3) is 0.917. The van der Waals surface area contributed by atoms with E-state index in [1.807, 2.05) is 6.92 Å². The van der Waals surface area contributed by atoms with Crippen LogP contribution in [0.5, 0.6) is 0 Å². The summed E-state index contributed by atoms with van der Waals surface area (Å²) in [5.74, 6) is -1.01. The highest BCUT2D eigenvalue weighted by Gasteiger charge is 2.55. The lowest BCUT2D eigenvalue weighted by atomic mass is 9.80. The molecular weight excluding hydrogens is 613 g/mol. The average Bonchev–Trinajstić information content (AvgIpc) is 2.97. The Morgan fingerprint density at radius 3 is 1.96 bits per heavy atom. The Kier molecular flexibility index (Phi) is 15.1. The zero-order chi connectivity index (χ0) is 34.3. The van der Waals surface area contributed by atoms with Gasteiger partial charge in [0.25, 0.3) is 0 Å². The summed E-state index contributed by atoms with van der Waals surface area (Å²) in [6.07, 6.45) is 5.43. The van der Waals surface area contributed by atoms with Crippen molar-refractivity contribution in [3.63, 3.8) is 0 Å². The number of hydrogen-bond donors (Lipinski definition) is 0. The number of carbonyl (C=O) groups excluding carboxylic acids is 1. The Morgan fingerprint density at radius 2 is 1.47 bits per heavy atom. The summed E-state index contributed by atoms with van der Waals surface area (Å²) in [5.41, 5.74) is 0.525. The van der Waals surface area contributed by atoms with Gasteiger partial charge in [-0.3, -0.25) is 0 Å². The zero-order valence-corrected chi connectivity index (χ0v) is 34.7. The molecule has 0 aromatic rings. The number of hydrogen-bond acceptors (Lipinski definition) is 6. The lowest BCUT2D eigenvalue weighted by Crippen LogP contribution is -2.61. The number of ether oxygens (including phenoxy) is 2. The second kappa shape index (κ2) is 16.5. The Balaban J connectivity index is 2.51. The molecule has 1 spiro atoms. The standard InChI is InChI=1S/C36H72O6Si3/c1-15-44(16-2,17-3)41-33-24-31(21-22-38-43(13,14)34(9,10)11)39-36(26-33)28-35(12,42-45(18-4,19-5)20-6)25-32(40-36)23-29(7)30(8)27-37/h27,30-33H,7,15-26,28H2,1-6,8-14H3/t30-,31-,32+,33-,35-,36+/m0/s1. The number of carbonyl (C=O) groups is 1. The van der Waals surface area contributed by atoms with E-state index in [4.69, 9.17) is 22.8 Å². The molecule has 0 N–H and O–H groups in total. The molecule has 0 bridgehead atoms. The van der Waals surface area contributed by atoms with Gasteiger partial charge in [0.15, 0.2) is 30.7 Å². The molecule has 9 heteroatoms. The van der Waals surface area contributed by atoms with E-state index in [-0.39, 0.29) is 34.9 Å². The lowest BCUT2D eigenvalue weighted by molar-refractivity contribution is -0.347. The molecule has 2 aliphatic rings. The second-order valence-electron chi connectivity index (χ2n) is 16.2. The maximum atomic E-state index is 11.7. The van der Waals surface area contributed by atoms with E-state index in [1.165, 1.54) is 0 Å². The van der Waals surface area contributed by atoms with Crippen molar-refractivity contribution in [2.75, 3.05) is 6.61 Å². The van der Waals surface area contributed by atoms with Crippen molar-refractivity contribution in [1.82, 2.24) is 0 Å². The Morgan fingerprint density at radius 1 is 0.933 bits per heavy atom. The molecule has 2 aliphatic heterocycles. The van der Waals surface area contributed by atoms with Gasteiger partial charge in [-0.25, -0.2) is 0 Å². The molecular formula is C36H72O6Si3. The number of rotatable bonds is 18. The molecule has 0 amide bonds. The van der Waals surface area contributed by atoms with Gasteiger partial charge in [0.1, 0.15) is 6.29 Å². The maximum absolute atomic E-state index is 11.7. The molecule has 0 aliphatic carbocycles. The molecule has 2 heterocycles. The normalized spacial score (nSPS) is 29.1. The third-order valence-corrected chi connectivity index (χ3v) is 26.0. The van der Waals surface area contributed by atoms with Gasteiger partial charge in [0.2, 0.25) is 0 Å². The molecule has 2 fully saturated rings. The van der Waals surface area contributed by atoms with Crippen LogP contribution < -0.4 is 0 Å². The fourth-order valence-corrected chi connectivity index (χ4v) is 14.4. The van der Waals surface area contributed by atoms with Crippen molar-refractivity contribution in [1.29, 1.82) is 0 Å². The molecule has 0 radical (unpaired) electrons. The van der Waals surface area contributed by atoms with Crippen molar-refractivity contribution in [3.05, 3.63) is 12.2 Å². The Hall–Kier alpha value is -0.139. The SMILES string of the molecule is C=C(C[C@@H]1C[C@](C)(O[Si](CC)(CC)CC)C[C@@]2(C[C@@H](O[Si](CC)(CC)CC)C[C@H](CCO[Si](C)(C)C(C)(C)C)O2)O1)[C@@H](C)C=O. The molecule has 2 rings (SSSR count). The summed E-state index contributed by atoms with van der Waals surface area (Å²) >= 11 is 0. The van der Waals surface area contributed by atoms with Crippen molar-refractivity contribution < 1.29 is 27.5 Å². The minimum Gasteiger partial charge on any atom is -0.417 e. The van der Waals surface area contributed by atoms with Crippen LogP contribution in [0.2, 0.25) is 54.4 Å². The Bertz CT molecular complexity index is 927. The monoisotopic (exact) mass is 684 g/mol. The van der Waals surface area contributed by atoms with Crippen LogP contribution in [0.4, 0.5) is 0 Å². The van der Waals surface area contributed by atoms with Gasteiger partial charge in [-0.15, -0.1) is 0 Å². The molecule has 45 heavy (non-hydrogen) atoms. The van der Waals surface area contributed by atoms with Gasteiger partial charge >= 0.3 is 0 Å². The smallest absolute Gasteiger partial charge is 0.192 e. The van der Waals surface area contributed by atoms with Crippen LogP contribution in [-0.4, -0.2) is 67.5 Å². The van der Waals surface area contributed by atoms with Crippen LogP contribution >= 0.6 is 0 Å². The molecule has 264 valence electrons. The summed E-state index contributed by atoms with van der Waals surface area (Å²) < 4.78 is 35.5. The van der Waals surface area contributed by atoms with Crippen LogP contribution in [0, 0.1) is 5.92 Å². The first-order valence-electron chi connectivity index (χ1n) is 18.3. The van der Waals surface area contributed by atoms with Crippen molar-refractivity contribution in [3.8, 4) is 0 Å². The highest BCUT2D eigenvalue weighted by atomic mass is 28.4.